The van der Waals surface area contributed by atoms with Crippen molar-refractivity contribution in [3.63, 3.8) is 0 Å². The quantitative estimate of drug-likeness (QED) is 0.517. The van der Waals surface area contributed by atoms with Crippen LogP contribution in [0.3, 0.4) is 0 Å². The highest BCUT2D eigenvalue weighted by Crippen LogP contribution is 2.57. The van der Waals surface area contributed by atoms with E-state index in [2.05, 4.69) is 0 Å². The predicted molar refractivity (Wildman–Crippen MR) is 44.7 cm³/mol. The van der Waals surface area contributed by atoms with Crippen molar-refractivity contribution < 1.29 is 9.30 Å². The molecule has 0 saturated heterocycles. The lowest BCUT2D eigenvalue weighted by Gasteiger charge is -2.02. The highest BCUT2D eigenvalue weighted by Gasteiger charge is 2.06. The van der Waals surface area contributed by atoms with Crippen molar-refractivity contribution in [2.45, 2.75) is 20.0 Å². The lowest BCUT2D eigenvalue weighted by molar-refractivity contribution is 0.180. The standard InChI is InChI=1S/C5H9Cl2O2P/c1-5(2)9-3-4-10(6,7)8/h3-5H,1-2H3/b4-3+. The van der Waals surface area contributed by atoms with Gasteiger partial charge in [-0.05, 0) is 36.3 Å². The molecule has 5 heteroatoms. The summed E-state index contributed by atoms with van der Waals surface area (Å²) in [6.45, 7) is 3.69. The maximum Gasteiger partial charge on any atom is 0.277 e. The van der Waals surface area contributed by atoms with Crippen LogP contribution in [-0.2, 0) is 9.30 Å². The molecule has 2 nitrogen and oxygen atoms in total. The van der Waals surface area contributed by atoms with Crippen molar-refractivity contribution in [2.24, 2.45) is 0 Å². The molecule has 0 aliphatic heterocycles. The molecule has 60 valence electrons. The van der Waals surface area contributed by atoms with E-state index in [-0.39, 0.29) is 6.10 Å². The zero-order valence-electron chi connectivity index (χ0n) is 5.75. The third kappa shape index (κ3) is 8.35. The van der Waals surface area contributed by atoms with Gasteiger partial charge in [0, 0.05) is 5.82 Å². The molecule has 0 N–H and O–H groups in total. The second-order valence-corrected chi connectivity index (χ2v) is 6.81. The smallest absolute Gasteiger partial charge is 0.277 e. The molecule has 10 heavy (non-hydrogen) atoms. The van der Waals surface area contributed by atoms with Crippen LogP contribution in [0.4, 0.5) is 0 Å². The molecule has 0 radical (unpaired) electrons. The Bertz CT molecular complexity index is 161. The molecular formula is C5H9Cl2O2P. The molecule has 0 fully saturated rings. The van der Waals surface area contributed by atoms with Crippen molar-refractivity contribution in [3.8, 4) is 0 Å². The Balaban J connectivity index is 3.68. The highest BCUT2D eigenvalue weighted by molar-refractivity contribution is 8.10. The Kier molecular flexibility index (Phi) is 4.42. The summed E-state index contributed by atoms with van der Waals surface area (Å²) in [5.74, 6) is -1.93. The van der Waals surface area contributed by atoms with Crippen LogP contribution in [0.2, 0.25) is 0 Å². The Morgan fingerprint density at radius 3 is 2.30 bits per heavy atom. The van der Waals surface area contributed by atoms with Gasteiger partial charge in [0.05, 0.1) is 12.4 Å². The number of ether oxygens (including phenoxy) is 1. The van der Waals surface area contributed by atoms with Crippen LogP contribution >= 0.6 is 28.3 Å². The minimum absolute atomic E-state index is 0.0520. The minimum Gasteiger partial charge on any atom is -0.498 e. The Morgan fingerprint density at radius 2 is 2.00 bits per heavy atom. The zero-order valence-corrected chi connectivity index (χ0v) is 8.16. The van der Waals surface area contributed by atoms with E-state index in [1.54, 1.807) is 0 Å². The highest BCUT2D eigenvalue weighted by atomic mass is 35.9. The maximum absolute atomic E-state index is 10.6. The Labute approximate surface area is 70.1 Å². The van der Waals surface area contributed by atoms with Gasteiger partial charge < -0.3 is 4.74 Å². The van der Waals surface area contributed by atoms with E-state index in [0.29, 0.717) is 0 Å². The van der Waals surface area contributed by atoms with Crippen molar-refractivity contribution in [3.05, 3.63) is 12.1 Å². The van der Waals surface area contributed by atoms with Crippen LogP contribution in [0.25, 0.3) is 0 Å². The van der Waals surface area contributed by atoms with E-state index in [1.807, 2.05) is 13.8 Å². The van der Waals surface area contributed by atoms with Crippen molar-refractivity contribution in [1.29, 1.82) is 0 Å². The molecule has 0 heterocycles. The van der Waals surface area contributed by atoms with E-state index < -0.39 is 5.85 Å². The van der Waals surface area contributed by atoms with E-state index in [9.17, 15) is 4.57 Å². The Morgan fingerprint density at radius 1 is 1.50 bits per heavy atom. The fourth-order valence-corrected chi connectivity index (χ4v) is 0.751. The minimum atomic E-state index is -3.08. The topological polar surface area (TPSA) is 26.3 Å². The van der Waals surface area contributed by atoms with Gasteiger partial charge in [0.1, 0.15) is 0 Å². The number of halogens is 2. The zero-order chi connectivity index (χ0) is 8.20. The average Bonchev–Trinajstić information content (AvgIpc) is 1.59. The van der Waals surface area contributed by atoms with E-state index >= 15 is 0 Å². The van der Waals surface area contributed by atoms with Gasteiger partial charge in [0.15, 0.2) is 0 Å². The maximum atomic E-state index is 10.6. The summed E-state index contributed by atoms with van der Waals surface area (Å²) in [6, 6.07) is 0. The number of hydrogen-bond donors (Lipinski definition) is 0. The second kappa shape index (κ2) is 4.27. The largest absolute Gasteiger partial charge is 0.498 e. The van der Waals surface area contributed by atoms with Crippen LogP contribution in [0.1, 0.15) is 13.8 Å². The van der Waals surface area contributed by atoms with E-state index in [4.69, 9.17) is 27.2 Å². The first kappa shape index (κ1) is 10.3. The number of rotatable bonds is 3. The summed E-state index contributed by atoms with van der Waals surface area (Å²) in [4.78, 5) is 0. The lowest BCUT2D eigenvalue weighted by Crippen LogP contribution is -1.93. The SMILES string of the molecule is CC(C)O/C=C/P(=O)(Cl)Cl. The summed E-state index contributed by atoms with van der Waals surface area (Å²) in [6.07, 6.45) is 1.31. The van der Waals surface area contributed by atoms with Crippen LogP contribution in [-0.4, -0.2) is 6.10 Å². The van der Waals surface area contributed by atoms with Gasteiger partial charge in [0.2, 0.25) is 0 Å². The fourth-order valence-electron chi connectivity index (χ4n) is 0.263. The summed E-state index contributed by atoms with van der Waals surface area (Å²) >= 11 is 10.3. The molecule has 0 aliphatic rings. The summed E-state index contributed by atoms with van der Waals surface area (Å²) in [5, 5.41) is 0. The monoisotopic (exact) mass is 202 g/mol. The summed E-state index contributed by atoms with van der Waals surface area (Å²) in [7, 11) is 0. The third-order valence-corrected chi connectivity index (χ3v) is 1.73. The van der Waals surface area contributed by atoms with Gasteiger partial charge in [-0.3, -0.25) is 4.57 Å². The van der Waals surface area contributed by atoms with Crippen LogP contribution < -0.4 is 0 Å². The van der Waals surface area contributed by atoms with Crippen LogP contribution in [0.15, 0.2) is 12.1 Å². The third-order valence-electron chi connectivity index (χ3n) is 0.585. The lowest BCUT2D eigenvalue weighted by atomic mass is 10.5. The van der Waals surface area contributed by atoms with Gasteiger partial charge in [-0.2, -0.15) is 0 Å². The van der Waals surface area contributed by atoms with Crippen molar-refractivity contribution in [2.75, 3.05) is 0 Å². The second-order valence-electron chi connectivity index (χ2n) is 1.97. The molecule has 0 aliphatic carbocycles. The molecule has 0 aromatic rings. The van der Waals surface area contributed by atoms with Gasteiger partial charge >= 0.3 is 0 Å². The molecule has 0 unspecified atom stereocenters. The first-order valence-corrected chi connectivity index (χ1v) is 6.32. The molecular weight excluding hydrogens is 194 g/mol. The molecule has 0 saturated carbocycles. The van der Waals surface area contributed by atoms with Gasteiger partial charge in [0.25, 0.3) is 5.85 Å². The molecule has 0 aromatic carbocycles. The molecule has 0 bridgehead atoms. The van der Waals surface area contributed by atoms with Crippen molar-refractivity contribution >= 4 is 28.3 Å². The van der Waals surface area contributed by atoms with E-state index in [1.165, 1.54) is 6.26 Å². The van der Waals surface area contributed by atoms with Gasteiger partial charge in [-0.15, -0.1) is 0 Å². The number of hydrogen-bond acceptors (Lipinski definition) is 2. The van der Waals surface area contributed by atoms with Crippen LogP contribution in [0.5, 0.6) is 0 Å². The molecule has 0 rings (SSSR count). The first-order valence-electron chi connectivity index (χ1n) is 2.74. The normalized spacial score (nSPS) is 12.9. The van der Waals surface area contributed by atoms with Crippen LogP contribution in [0, 0.1) is 0 Å². The van der Waals surface area contributed by atoms with Gasteiger partial charge in [-0.25, -0.2) is 0 Å². The average molecular weight is 203 g/mol. The molecule has 0 atom stereocenters. The van der Waals surface area contributed by atoms with E-state index in [0.717, 1.165) is 5.82 Å². The summed E-state index contributed by atoms with van der Waals surface area (Å²) < 4.78 is 15.5. The van der Waals surface area contributed by atoms with Gasteiger partial charge in [-0.1, -0.05) is 0 Å². The molecule has 0 aromatic heterocycles. The molecule has 0 spiro atoms. The Hall–Kier alpha value is 0.350. The fraction of sp³-hybridized carbons (Fsp3) is 0.600. The predicted octanol–water partition coefficient (Wildman–Crippen LogP) is 3.55. The first-order chi connectivity index (χ1) is 4.42. The van der Waals surface area contributed by atoms with Crippen molar-refractivity contribution in [1.82, 2.24) is 0 Å². The molecule has 0 amide bonds. The summed E-state index contributed by atoms with van der Waals surface area (Å²) in [5.41, 5.74) is 0.